The van der Waals surface area contributed by atoms with E-state index in [-0.39, 0.29) is 17.0 Å². The summed E-state index contributed by atoms with van der Waals surface area (Å²) in [5, 5.41) is 9.03. The van der Waals surface area contributed by atoms with Crippen LogP contribution in [0.2, 0.25) is 0 Å². The zero-order valence-corrected chi connectivity index (χ0v) is 18.7. The molecular weight excluding hydrogens is 399 g/mol. The molecule has 30 heavy (non-hydrogen) atoms. The average Bonchev–Trinajstić information content (AvgIpc) is 2.68. The van der Waals surface area contributed by atoms with Crippen molar-refractivity contribution in [2.24, 2.45) is 4.36 Å². The number of fused-ring (bicyclic) bond motifs is 1. The highest BCUT2D eigenvalue weighted by atomic mass is 32.2. The number of aromatic nitrogens is 1. The van der Waals surface area contributed by atoms with Crippen molar-refractivity contribution in [3.05, 3.63) is 53.5 Å². The summed E-state index contributed by atoms with van der Waals surface area (Å²) in [5.41, 5.74) is 9.57. The van der Waals surface area contributed by atoms with Gasteiger partial charge in [-0.25, -0.2) is 13.6 Å². The van der Waals surface area contributed by atoms with E-state index < -0.39 is 9.73 Å². The summed E-state index contributed by atoms with van der Waals surface area (Å²) >= 11 is 0. The lowest BCUT2D eigenvalue weighted by molar-refractivity contribution is 0.628. The van der Waals surface area contributed by atoms with E-state index in [0.29, 0.717) is 22.5 Å². The minimum Gasteiger partial charge on any atom is -0.398 e. The summed E-state index contributed by atoms with van der Waals surface area (Å²) in [4.78, 5) is 4.81. The van der Waals surface area contributed by atoms with Crippen molar-refractivity contribution in [1.82, 2.24) is 4.98 Å². The molecule has 0 saturated carbocycles. The highest BCUT2D eigenvalue weighted by molar-refractivity contribution is 7.93. The maximum absolute atomic E-state index is 13.6. The molecule has 0 saturated heterocycles. The number of nitrogens with one attached hydrogen (secondary N) is 1. The van der Waals surface area contributed by atoms with E-state index in [9.17, 15) is 8.60 Å². The predicted molar refractivity (Wildman–Crippen MR) is 125 cm³/mol. The van der Waals surface area contributed by atoms with E-state index in [0.717, 1.165) is 22.2 Å². The van der Waals surface area contributed by atoms with Gasteiger partial charge in [-0.3, -0.25) is 0 Å². The second-order valence-corrected chi connectivity index (χ2v) is 10.9. The van der Waals surface area contributed by atoms with Crippen molar-refractivity contribution in [1.29, 1.82) is 5.41 Å². The normalized spacial score (nSPS) is 13.6. The lowest BCUT2D eigenvalue weighted by Gasteiger charge is -2.19. The molecular formula is C23H27FN4OS. The van der Waals surface area contributed by atoms with Crippen LogP contribution in [0.3, 0.4) is 0 Å². The average molecular weight is 427 g/mol. The van der Waals surface area contributed by atoms with Gasteiger partial charge in [0.05, 0.1) is 15.4 Å². The number of hydrogen-bond acceptors (Lipinski definition) is 5. The van der Waals surface area contributed by atoms with Gasteiger partial charge in [0.1, 0.15) is 5.82 Å². The van der Waals surface area contributed by atoms with Crippen molar-refractivity contribution in [3.63, 3.8) is 0 Å². The number of nitrogens with two attached hydrogens (primary N) is 1. The van der Waals surface area contributed by atoms with Crippen LogP contribution in [0, 0.1) is 11.2 Å². The number of hydrogen-bond donors (Lipinski definition) is 2. The van der Waals surface area contributed by atoms with Gasteiger partial charge in [0.2, 0.25) is 0 Å². The first kappa shape index (κ1) is 21.9. The van der Waals surface area contributed by atoms with E-state index in [1.54, 1.807) is 24.5 Å². The lowest BCUT2D eigenvalue weighted by atomic mass is 9.91. The maximum atomic E-state index is 13.6. The van der Waals surface area contributed by atoms with Crippen molar-refractivity contribution >= 4 is 38.2 Å². The largest absolute Gasteiger partial charge is 0.398 e. The summed E-state index contributed by atoms with van der Waals surface area (Å²) in [6.07, 6.45) is 2.83. The Morgan fingerprint density at radius 3 is 2.30 bits per heavy atom. The molecule has 0 radical (unpaired) electrons. The summed E-state index contributed by atoms with van der Waals surface area (Å²) in [7, 11) is -2.52. The zero-order valence-electron chi connectivity index (χ0n) is 17.9. The Morgan fingerprint density at radius 2 is 1.77 bits per heavy atom. The Labute approximate surface area is 177 Å². The molecule has 3 rings (SSSR count). The highest BCUT2D eigenvalue weighted by Crippen LogP contribution is 2.40. The van der Waals surface area contributed by atoms with Crippen LogP contribution in [0.4, 0.5) is 15.9 Å². The molecule has 1 aromatic heterocycles. The smallest absolute Gasteiger partial charge is 0.169 e. The molecule has 5 nitrogen and oxygen atoms in total. The van der Waals surface area contributed by atoms with Gasteiger partial charge >= 0.3 is 0 Å². The van der Waals surface area contributed by atoms with Crippen LogP contribution in [0.5, 0.6) is 0 Å². The van der Waals surface area contributed by atoms with Gasteiger partial charge < -0.3 is 11.1 Å². The second-order valence-electron chi connectivity index (χ2n) is 8.03. The molecule has 0 aliphatic carbocycles. The molecule has 2 aromatic carbocycles. The Balaban J connectivity index is 2.54. The number of pyridine rings is 1. The molecule has 1 unspecified atom stereocenters. The number of rotatable bonds is 5. The van der Waals surface area contributed by atoms with Gasteiger partial charge in [0, 0.05) is 39.9 Å². The number of nitrogen functional groups attached to an aromatic ring is 1. The lowest BCUT2D eigenvalue weighted by Crippen LogP contribution is -2.11. The Kier molecular flexibility index (Phi) is 5.94. The van der Waals surface area contributed by atoms with Crippen molar-refractivity contribution < 1.29 is 8.60 Å². The highest BCUT2D eigenvalue weighted by Gasteiger charge is 2.20. The third kappa shape index (κ3) is 4.07. The quantitative estimate of drug-likeness (QED) is 0.394. The number of benzene rings is 2. The minimum atomic E-state index is -2.52. The first-order valence-electron chi connectivity index (χ1n) is 9.79. The molecule has 0 spiro atoms. The summed E-state index contributed by atoms with van der Waals surface area (Å²) in [6, 6.07) is 9.81. The van der Waals surface area contributed by atoms with Gasteiger partial charge in [-0.05, 0) is 41.1 Å². The Hall–Kier alpha value is -2.80. The zero-order chi connectivity index (χ0) is 22.2. The fourth-order valence-electron chi connectivity index (χ4n) is 3.20. The van der Waals surface area contributed by atoms with Gasteiger partial charge in [-0.1, -0.05) is 39.8 Å². The molecule has 7 heteroatoms. The predicted octanol–water partition coefficient (Wildman–Crippen LogP) is 5.88. The molecule has 0 fully saturated rings. The third-order valence-corrected chi connectivity index (χ3v) is 7.48. The minimum absolute atomic E-state index is 0.0383. The van der Waals surface area contributed by atoms with Gasteiger partial charge in [-0.2, -0.15) is 4.36 Å². The van der Waals surface area contributed by atoms with Gasteiger partial charge in [0.25, 0.3) is 0 Å². The van der Waals surface area contributed by atoms with Gasteiger partial charge in [-0.15, -0.1) is 0 Å². The van der Waals surface area contributed by atoms with E-state index in [1.807, 2.05) is 33.8 Å². The summed E-state index contributed by atoms with van der Waals surface area (Å²) < 4.78 is 31.2. The van der Waals surface area contributed by atoms with E-state index in [4.69, 9.17) is 16.1 Å². The van der Waals surface area contributed by atoms with Crippen LogP contribution in [-0.4, -0.2) is 26.9 Å². The SMILES string of the molecule is CC(C)c1nc(N=S(C)(=O)C(C)C)c2cc(N)c(C=N)cc2c1-c1ccc(F)cc1. The van der Waals surface area contributed by atoms with Crippen LogP contribution >= 0.6 is 0 Å². The van der Waals surface area contributed by atoms with Crippen LogP contribution in [0.1, 0.15) is 44.9 Å². The second kappa shape index (κ2) is 8.14. The van der Waals surface area contributed by atoms with E-state index >= 15 is 0 Å². The first-order chi connectivity index (χ1) is 14.0. The van der Waals surface area contributed by atoms with Crippen molar-refractivity contribution in [3.8, 4) is 11.1 Å². The molecule has 1 atom stereocenters. The molecule has 0 bridgehead atoms. The van der Waals surface area contributed by atoms with E-state index in [1.165, 1.54) is 18.3 Å². The standard InChI is InChI=1S/C23H27FN4OS/c1-13(2)22-21(15-6-8-17(24)9-7-15)18-10-16(12-25)20(26)11-19(18)23(27-22)28-30(5,29)14(3)4/h6-14,25H,26H2,1-5H3. The monoisotopic (exact) mass is 426 g/mol. The van der Waals surface area contributed by atoms with Crippen LogP contribution in [0.15, 0.2) is 40.8 Å². The number of nitrogens with zero attached hydrogens (tertiary/aromatic N) is 2. The molecule has 0 aliphatic heterocycles. The summed E-state index contributed by atoms with van der Waals surface area (Å²) in [5.74, 6) is 0.0983. The molecule has 3 aromatic rings. The van der Waals surface area contributed by atoms with Crippen LogP contribution in [0.25, 0.3) is 21.9 Å². The Bertz CT molecular complexity index is 1240. The third-order valence-electron chi connectivity index (χ3n) is 5.19. The fraction of sp³-hybridized carbons (Fsp3) is 0.304. The molecule has 0 amide bonds. The molecule has 3 N–H and O–H groups in total. The van der Waals surface area contributed by atoms with Crippen molar-refractivity contribution in [2.75, 3.05) is 12.0 Å². The maximum Gasteiger partial charge on any atom is 0.169 e. The fourth-order valence-corrected chi connectivity index (χ4v) is 3.90. The van der Waals surface area contributed by atoms with Crippen LogP contribution < -0.4 is 5.73 Å². The van der Waals surface area contributed by atoms with Crippen molar-refractivity contribution in [2.45, 2.75) is 38.9 Å². The topological polar surface area (TPSA) is 92.2 Å². The van der Waals surface area contributed by atoms with E-state index in [2.05, 4.69) is 4.36 Å². The first-order valence-corrected chi connectivity index (χ1v) is 11.8. The van der Waals surface area contributed by atoms with Crippen LogP contribution in [-0.2, 0) is 9.73 Å². The molecule has 0 aliphatic rings. The molecule has 158 valence electrons. The van der Waals surface area contributed by atoms with Gasteiger partial charge in [0.15, 0.2) is 5.82 Å². The number of halogens is 1. The Morgan fingerprint density at radius 1 is 1.13 bits per heavy atom. The summed E-state index contributed by atoms with van der Waals surface area (Å²) in [6.45, 7) is 7.77. The molecule has 1 heterocycles. The number of anilines is 1.